The molecule has 6 nitrogen and oxygen atoms in total. The van der Waals surface area contributed by atoms with Crippen LogP contribution >= 0.6 is 0 Å². The van der Waals surface area contributed by atoms with Crippen LogP contribution in [0.1, 0.15) is 36.7 Å². The minimum atomic E-state index is -3.26. The van der Waals surface area contributed by atoms with Crippen LogP contribution in [0.5, 0.6) is 0 Å². The van der Waals surface area contributed by atoms with Crippen LogP contribution in [0.2, 0.25) is 0 Å². The van der Waals surface area contributed by atoms with Crippen LogP contribution in [0.4, 0.5) is 0 Å². The van der Waals surface area contributed by atoms with Gasteiger partial charge in [-0.3, -0.25) is 4.90 Å². The highest BCUT2D eigenvalue weighted by Crippen LogP contribution is 2.16. The van der Waals surface area contributed by atoms with E-state index in [1.165, 1.54) is 0 Å². The number of hydrogen-bond donors (Lipinski definition) is 0. The molecule has 1 aromatic carbocycles. The molecule has 2 aromatic rings. The van der Waals surface area contributed by atoms with Crippen molar-refractivity contribution in [1.82, 2.24) is 18.8 Å². The van der Waals surface area contributed by atoms with Crippen molar-refractivity contribution in [3.63, 3.8) is 0 Å². The van der Waals surface area contributed by atoms with Crippen molar-refractivity contribution < 1.29 is 8.42 Å². The van der Waals surface area contributed by atoms with Crippen LogP contribution in [0.25, 0.3) is 0 Å². The standard InChI is InChI=1S/C20H30N4O2S/c1-17(2)20-21-7-8-23(20)12-9-22-10-13-24(14-11-22)27(25,26)16-19-6-4-5-18(3)15-19/h4-8,15,17H,9-14,16H2,1-3H3. The van der Waals surface area contributed by atoms with Crippen LogP contribution in [0.15, 0.2) is 36.7 Å². The van der Waals surface area contributed by atoms with Crippen molar-refractivity contribution in [3.05, 3.63) is 53.6 Å². The highest BCUT2D eigenvalue weighted by molar-refractivity contribution is 7.88. The molecule has 1 aliphatic heterocycles. The Labute approximate surface area is 162 Å². The Balaban J connectivity index is 1.51. The number of sulfonamides is 1. The highest BCUT2D eigenvalue weighted by Gasteiger charge is 2.27. The van der Waals surface area contributed by atoms with Crippen LogP contribution in [-0.4, -0.2) is 59.9 Å². The highest BCUT2D eigenvalue weighted by atomic mass is 32.2. The molecule has 3 rings (SSSR count). The predicted molar refractivity (Wildman–Crippen MR) is 108 cm³/mol. The number of imidazole rings is 1. The summed E-state index contributed by atoms with van der Waals surface area (Å²) in [6, 6.07) is 7.74. The molecule has 1 saturated heterocycles. The van der Waals surface area contributed by atoms with Gasteiger partial charge in [0.1, 0.15) is 5.82 Å². The van der Waals surface area contributed by atoms with E-state index < -0.39 is 10.0 Å². The van der Waals surface area contributed by atoms with E-state index in [0.717, 1.165) is 43.1 Å². The Bertz CT molecular complexity index is 852. The maximum absolute atomic E-state index is 12.7. The Morgan fingerprint density at radius 1 is 1.11 bits per heavy atom. The SMILES string of the molecule is Cc1cccc(CS(=O)(=O)N2CCN(CCn3ccnc3C(C)C)CC2)c1. The summed E-state index contributed by atoms with van der Waals surface area (Å²) in [4.78, 5) is 6.76. The second-order valence-corrected chi connectivity index (χ2v) is 9.59. The molecule has 0 atom stereocenters. The first kappa shape index (κ1) is 20.0. The molecule has 0 spiro atoms. The molecule has 0 unspecified atom stereocenters. The zero-order chi connectivity index (χ0) is 19.4. The normalized spacial score (nSPS) is 16.9. The summed E-state index contributed by atoms with van der Waals surface area (Å²) in [6.07, 6.45) is 3.88. The van der Waals surface area contributed by atoms with E-state index in [1.54, 1.807) is 4.31 Å². The fourth-order valence-corrected chi connectivity index (χ4v) is 5.10. The van der Waals surface area contributed by atoms with E-state index in [0.29, 0.717) is 19.0 Å². The lowest BCUT2D eigenvalue weighted by molar-refractivity contribution is 0.182. The first-order valence-corrected chi connectivity index (χ1v) is 11.2. The number of hydrogen-bond acceptors (Lipinski definition) is 4. The largest absolute Gasteiger partial charge is 0.333 e. The molecule has 27 heavy (non-hydrogen) atoms. The van der Waals surface area contributed by atoms with Crippen molar-refractivity contribution in [2.45, 2.75) is 39.0 Å². The molecule has 1 aliphatic rings. The fraction of sp³-hybridized carbons (Fsp3) is 0.550. The lowest BCUT2D eigenvalue weighted by Crippen LogP contribution is -2.49. The average Bonchev–Trinajstić information content (AvgIpc) is 3.09. The number of aryl methyl sites for hydroxylation is 1. The van der Waals surface area contributed by atoms with Gasteiger partial charge in [-0.2, -0.15) is 4.31 Å². The third kappa shape index (κ3) is 5.18. The molecule has 0 bridgehead atoms. The van der Waals surface area contributed by atoms with Gasteiger partial charge in [0, 0.05) is 57.6 Å². The number of benzene rings is 1. The second-order valence-electron chi connectivity index (χ2n) is 7.62. The Morgan fingerprint density at radius 3 is 2.52 bits per heavy atom. The summed E-state index contributed by atoms with van der Waals surface area (Å²) >= 11 is 0. The van der Waals surface area contributed by atoms with E-state index in [-0.39, 0.29) is 5.75 Å². The molecule has 148 valence electrons. The zero-order valence-electron chi connectivity index (χ0n) is 16.5. The molecule has 1 fully saturated rings. The van der Waals surface area contributed by atoms with Crippen molar-refractivity contribution in [3.8, 4) is 0 Å². The van der Waals surface area contributed by atoms with Gasteiger partial charge in [-0.1, -0.05) is 43.7 Å². The molecule has 0 saturated carbocycles. The summed E-state index contributed by atoms with van der Waals surface area (Å²) in [5, 5.41) is 0. The average molecular weight is 391 g/mol. The summed E-state index contributed by atoms with van der Waals surface area (Å²) in [5.41, 5.74) is 1.95. The van der Waals surface area contributed by atoms with Gasteiger partial charge in [0.15, 0.2) is 0 Å². The van der Waals surface area contributed by atoms with Gasteiger partial charge < -0.3 is 4.57 Å². The van der Waals surface area contributed by atoms with Gasteiger partial charge in [-0.05, 0) is 12.5 Å². The number of rotatable bonds is 7. The first-order chi connectivity index (χ1) is 12.8. The smallest absolute Gasteiger partial charge is 0.218 e. The molecule has 0 amide bonds. The lowest BCUT2D eigenvalue weighted by Gasteiger charge is -2.34. The maximum Gasteiger partial charge on any atom is 0.218 e. The van der Waals surface area contributed by atoms with Crippen molar-refractivity contribution in [2.75, 3.05) is 32.7 Å². The fourth-order valence-electron chi connectivity index (χ4n) is 3.59. The molecule has 7 heteroatoms. The number of nitrogens with zero attached hydrogens (tertiary/aromatic N) is 4. The van der Waals surface area contributed by atoms with E-state index in [2.05, 4.69) is 28.3 Å². The summed E-state index contributed by atoms with van der Waals surface area (Å²) in [7, 11) is -3.26. The third-order valence-corrected chi connectivity index (χ3v) is 6.93. The maximum atomic E-state index is 12.7. The molecular weight excluding hydrogens is 360 g/mol. The van der Waals surface area contributed by atoms with Gasteiger partial charge in [0.05, 0.1) is 5.75 Å². The van der Waals surface area contributed by atoms with E-state index in [9.17, 15) is 8.42 Å². The Hall–Kier alpha value is -1.70. The number of aromatic nitrogens is 2. The van der Waals surface area contributed by atoms with Gasteiger partial charge in [0.2, 0.25) is 10.0 Å². The van der Waals surface area contributed by atoms with Gasteiger partial charge >= 0.3 is 0 Å². The Kier molecular flexibility index (Phi) is 6.34. The van der Waals surface area contributed by atoms with Crippen LogP contribution in [0, 0.1) is 6.92 Å². The van der Waals surface area contributed by atoms with Gasteiger partial charge in [-0.25, -0.2) is 13.4 Å². The quantitative estimate of drug-likeness (QED) is 0.729. The number of piperazine rings is 1. The summed E-state index contributed by atoms with van der Waals surface area (Å²) < 4.78 is 29.3. The second kappa shape index (κ2) is 8.54. The molecule has 2 heterocycles. The molecular formula is C20H30N4O2S. The van der Waals surface area contributed by atoms with E-state index in [1.807, 2.05) is 43.6 Å². The molecule has 0 aliphatic carbocycles. The van der Waals surface area contributed by atoms with E-state index >= 15 is 0 Å². The monoisotopic (exact) mass is 390 g/mol. The van der Waals surface area contributed by atoms with Crippen molar-refractivity contribution >= 4 is 10.0 Å². The predicted octanol–water partition coefficient (Wildman–Crippen LogP) is 2.46. The Morgan fingerprint density at radius 2 is 1.85 bits per heavy atom. The third-order valence-electron chi connectivity index (χ3n) is 5.08. The molecule has 0 radical (unpaired) electrons. The summed E-state index contributed by atoms with van der Waals surface area (Å²) in [6.45, 7) is 10.8. The van der Waals surface area contributed by atoms with Crippen LogP contribution < -0.4 is 0 Å². The molecule has 0 N–H and O–H groups in total. The molecule has 1 aromatic heterocycles. The van der Waals surface area contributed by atoms with Crippen LogP contribution in [0.3, 0.4) is 0 Å². The van der Waals surface area contributed by atoms with Crippen molar-refractivity contribution in [2.24, 2.45) is 0 Å². The van der Waals surface area contributed by atoms with Crippen molar-refractivity contribution in [1.29, 1.82) is 0 Å². The van der Waals surface area contributed by atoms with Crippen LogP contribution in [-0.2, 0) is 22.3 Å². The van der Waals surface area contributed by atoms with Gasteiger partial charge in [0.25, 0.3) is 0 Å². The first-order valence-electron chi connectivity index (χ1n) is 9.62. The lowest BCUT2D eigenvalue weighted by atomic mass is 10.2. The van der Waals surface area contributed by atoms with E-state index in [4.69, 9.17) is 0 Å². The van der Waals surface area contributed by atoms with Gasteiger partial charge in [-0.15, -0.1) is 0 Å². The topological polar surface area (TPSA) is 58.4 Å². The minimum absolute atomic E-state index is 0.0848. The zero-order valence-corrected chi connectivity index (χ0v) is 17.3. The summed E-state index contributed by atoms with van der Waals surface area (Å²) in [5.74, 6) is 1.60. The minimum Gasteiger partial charge on any atom is -0.333 e.